The molecule has 0 amide bonds. The Morgan fingerprint density at radius 3 is 2.73 bits per heavy atom. The van der Waals surface area contributed by atoms with Crippen LogP contribution < -0.4 is 5.56 Å². The molecule has 0 N–H and O–H groups in total. The highest BCUT2D eigenvalue weighted by Gasteiger charge is 2.29. The van der Waals surface area contributed by atoms with E-state index in [2.05, 4.69) is 9.97 Å². The largest absolute Gasteiger partial charge is 0.269 e. The zero-order valence-corrected chi connectivity index (χ0v) is 19.4. The van der Waals surface area contributed by atoms with Crippen LogP contribution >= 0.6 is 23.1 Å². The average Bonchev–Trinajstić information content (AvgIpc) is 3.13. The van der Waals surface area contributed by atoms with E-state index in [0.29, 0.717) is 21.4 Å². The number of pyridine rings is 1. The van der Waals surface area contributed by atoms with Gasteiger partial charge in [0.1, 0.15) is 4.90 Å². The van der Waals surface area contributed by atoms with Crippen molar-refractivity contribution in [3.63, 3.8) is 0 Å². The third kappa shape index (κ3) is 4.32. The van der Waals surface area contributed by atoms with Crippen LogP contribution in [0.4, 0.5) is 0 Å². The van der Waals surface area contributed by atoms with Crippen LogP contribution in [0.1, 0.15) is 43.5 Å². The van der Waals surface area contributed by atoms with Crippen LogP contribution in [0.25, 0.3) is 4.96 Å². The highest BCUT2D eigenvalue weighted by molar-refractivity contribution is 7.98. The van der Waals surface area contributed by atoms with E-state index in [0.717, 1.165) is 31.4 Å². The van der Waals surface area contributed by atoms with E-state index < -0.39 is 10.0 Å². The fraction of sp³-hybridized carbons (Fsp3) is 0.450. The molecule has 3 aromatic heterocycles. The minimum absolute atomic E-state index is 0.0684. The summed E-state index contributed by atoms with van der Waals surface area (Å²) >= 11 is 2.87. The van der Waals surface area contributed by atoms with E-state index in [4.69, 9.17) is 0 Å². The molecule has 10 heteroatoms. The molecular weight excluding hydrogens is 440 g/mol. The van der Waals surface area contributed by atoms with Gasteiger partial charge < -0.3 is 0 Å². The molecule has 0 atom stereocenters. The molecule has 3 heterocycles. The molecule has 160 valence electrons. The lowest BCUT2D eigenvalue weighted by Crippen LogP contribution is -2.38. The van der Waals surface area contributed by atoms with Crippen LogP contribution in [-0.2, 0) is 15.8 Å². The second kappa shape index (κ2) is 8.78. The van der Waals surface area contributed by atoms with Crippen LogP contribution in [0.3, 0.4) is 0 Å². The Bertz CT molecular complexity index is 1200. The third-order valence-electron chi connectivity index (χ3n) is 5.47. The predicted molar refractivity (Wildman–Crippen MR) is 120 cm³/mol. The van der Waals surface area contributed by atoms with E-state index in [1.807, 2.05) is 12.3 Å². The van der Waals surface area contributed by atoms with Crippen molar-refractivity contribution in [2.45, 2.75) is 60.7 Å². The maximum absolute atomic E-state index is 12.9. The number of thioether (sulfide) groups is 1. The van der Waals surface area contributed by atoms with Crippen LogP contribution in [-0.4, -0.2) is 40.2 Å². The normalized spacial score (nSPS) is 15.8. The lowest BCUT2D eigenvalue weighted by Gasteiger charge is -2.30. The van der Waals surface area contributed by atoms with Gasteiger partial charge in [-0.1, -0.05) is 19.3 Å². The molecule has 0 bridgehead atoms. The Morgan fingerprint density at radius 1 is 1.27 bits per heavy atom. The summed E-state index contributed by atoms with van der Waals surface area (Å²) in [7, 11) is -1.88. The summed E-state index contributed by atoms with van der Waals surface area (Å²) in [5.41, 5.74) is 1.47. The van der Waals surface area contributed by atoms with Crippen molar-refractivity contribution in [1.29, 1.82) is 0 Å². The van der Waals surface area contributed by atoms with Gasteiger partial charge in [-0.05, 0) is 31.9 Å². The van der Waals surface area contributed by atoms with E-state index in [1.54, 1.807) is 23.6 Å². The molecule has 1 fully saturated rings. The maximum atomic E-state index is 12.9. The van der Waals surface area contributed by atoms with Gasteiger partial charge in [0.25, 0.3) is 5.56 Å². The Morgan fingerprint density at radius 2 is 2.03 bits per heavy atom. The first-order valence-electron chi connectivity index (χ1n) is 9.90. The number of nitrogens with zero attached hydrogens (tertiary/aromatic N) is 4. The van der Waals surface area contributed by atoms with E-state index >= 15 is 0 Å². The molecule has 1 aliphatic carbocycles. The molecule has 0 aliphatic heterocycles. The standard InChI is InChI=1S/C20H24N4O3S3/c1-14-12-29-20-22-15(10-19(25)24(14)20)13-28-18-9-8-17(11-21-18)30(26,27)23(2)16-6-4-3-5-7-16/h8-12,16H,3-7,13H2,1-2H3. The van der Waals surface area contributed by atoms with Gasteiger partial charge in [0.2, 0.25) is 10.0 Å². The molecule has 0 radical (unpaired) electrons. The monoisotopic (exact) mass is 464 g/mol. The lowest BCUT2D eigenvalue weighted by molar-refractivity contribution is 0.285. The topological polar surface area (TPSA) is 84.6 Å². The predicted octanol–water partition coefficient (Wildman–Crippen LogP) is 3.70. The van der Waals surface area contributed by atoms with Crippen molar-refractivity contribution >= 4 is 38.1 Å². The van der Waals surface area contributed by atoms with Gasteiger partial charge in [-0.25, -0.2) is 18.4 Å². The van der Waals surface area contributed by atoms with Gasteiger partial charge >= 0.3 is 0 Å². The molecule has 0 aromatic carbocycles. The Kier molecular flexibility index (Phi) is 6.29. The second-order valence-electron chi connectivity index (χ2n) is 7.51. The first-order valence-corrected chi connectivity index (χ1v) is 13.2. The molecule has 1 saturated carbocycles. The maximum Gasteiger partial charge on any atom is 0.258 e. The first-order chi connectivity index (χ1) is 14.4. The number of hydrogen-bond acceptors (Lipinski definition) is 7. The average molecular weight is 465 g/mol. The van der Waals surface area contributed by atoms with Gasteiger partial charge in [0.15, 0.2) is 4.96 Å². The number of fused-ring (bicyclic) bond motifs is 1. The van der Waals surface area contributed by atoms with Crippen molar-refractivity contribution < 1.29 is 8.42 Å². The van der Waals surface area contributed by atoms with Crippen LogP contribution in [0, 0.1) is 6.92 Å². The van der Waals surface area contributed by atoms with Crippen molar-refractivity contribution in [2.24, 2.45) is 0 Å². The number of hydrogen-bond donors (Lipinski definition) is 0. The molecule has 0 saturated heterocycles. The van der Waals surface area contributed by atoms with Gasteiger partial charge in [-0.3, -0.25) is 9.20 Å². The summed E-state index contributed by atoms with van der Waals surface area (Å²) < 4.78 is 28.9. The second-order valence-corrected chi connectivity index (χ2v) is 11.3. The number of aromatic nitrogens is 3. The molecule has 0 spiro atoms. The van der Waals surface area contributed by atoms with E-state index in [-0.39, 0.29) is 16.5 Å². The summed E-state index contributed by atoms with van der Waals surface area (Å²) in [5.74, 6) is 0.490. The SMILES string of the molecule is Cc1csc2nc(CSc3ccc(S(=O)(=O)N(C)C4CCCCC4)cn3)cc(=O)n12. The molecule has 30 heavy (non-hydrogen) atoms. The molecule has 1 aliphatic rings. The summed E-state index contributed by atoms with van der Waals surface area (Å²) in [5, 5.41) is 2.60. The number of thiazole rings is 1. The van der Waals surface area contributed by atoms with Gasteiger partial charge in [-0.15, -0.1) is 23.1 Å². The smallest absolute Gasteiger partial charge is 0.258 e. The summed E-state index contributed by atoms with van der Waals surface area (Å²) in [6.07, 6.45) is 6.58. The van der Waals surface area contributed by atoms with Crippen molar-refractivity contribution in [3.8, 4) is 0 Å². The van der Waals surface area contributed by atoms with Crippen molar-refractivity contribution in [3.05, 3.63) is 51.5 Å². The van der Waals surface area contributed by atoms with Gasteiger partial charge in [-0.2, -0.15) is 4.31 Å². The van der Waals surface area contributed by atoms with Crippen molar-refractivity contribution in [2.75, 3.05) is 7.05 Å². The fourth-order valence-corrected chi connectivity index (χ4v) is 6.72. The Labute approximate surface area is 184 Å². The number of aryl methyl sites for hydroxylation is 1. The molecule has 0 unspecified atom stereocenters. The molecular formula is C20H24N4O3S3. The molecule has 4 rings (SSSR count). The number of rotatable bonds is 6. The van der Waals surface area contributed by atoms with Crippen molar-refractivity contribution in [1.82, 2.24) is 18.7 Å². The highest BCUT2D eigenvalue weighted by atomic mass is 32.2. The zero-order chi connectivity index (χ0) is 21.3. The zero-order valence-electron chi connectivity index (χ0n) is 16.9. The summed E-state index contributed by atoms with van der Waals surface area (Å²) in [6, 6.07) is 4.93. The minimum Gasteiger partial charge on any atom is -0.269 e. The summed E-state index contributed by atoms with van der Waals surface area (Å²) in [4.78, 5) is 22.0. The van der Waals surface area contributed by atoms with Gasteiger partial charge in [0, 0.05) is 42.2 Å². The highest BCUT2D eigenvalue weighted by Crippen LogP contribution is 2.27. The van der Waals surface area contributed by atoms with Gasteiger partial charge in [0.05, 0.1) is 10.7 Å². The fourth-order valence-electron chi connectivity index (χ4n) is 3.73. The molecule has 3 aromatic rings. The summed E-state index contributed by atoms with van der Waals surface area (Å²) in [6.45, 7) is 1.88. The Hall–Kier alpha value is -1.75. The van der Waals surface area contributed by atoms with Crippen LogP contribution in [0.5, 0.6) is 0 Å². The van der Waals surface area contributed by atoms with Crippen LogP contribution in [0.2, 0.25) is 0 Å². The minimum atomic E-state index is -3.54. The Balaban J connectivity index is 1.45. The van der Waals surface area contributed by atoms with E-state index in [1.165, 1.54) is 46.1 Å². The number of sulfonamides is 1. The molecule has 7 nitrogen and oxygen atoms in total. The quantitative estimate of drug-likeness (QED) is 0.517. The third-order valence-corrected chi connectivity index (χ3v) is 9.29. The first kappa shape index (κ1) is 21.5. The van der Waals surface area contributed by atoms with E-state index in [9.17, 15) is 13.2 Å². The lowest BCUT2D eigenvalue weighted by atomic mass is 9.96. The van der Waals surface area contributed by atoms with Crippen LogP contribution in [0.15, 0.2) is 44.5 Å².